The Morgan fingerprint density at radius 2 is 2.24 bits per heavy atom. The molecule has 0 bridgehead atoms. The van der Waals surface area contributed by atoms with Gasteiger partial charge in [0.1, 0.15) is 5.75 Å². The molecule has 0 saturated heterocycles. The monoisotopic (exact) mass is 249 g/mol. The molecule has 1 aromatic rings. The smallest absolute Gasteiger partial charge is 0.249 e. The maximum Gasteiger partial charge on any atom is 0.249 e. The summed E-state index contributed by atoms with van der Waals surface area (Å²) in [5, 5.41) is 4.07. The molecule has 0 fully saturated rings. The highest BCUT2D eigenvalue weighted by atomic mass is 28.3. The van der Waals surface area contributed by atoms with Gasteiger partial charge in [0.2, 0.25) is 5.91 Å². The van der Waals surface area contributed by atoms with E-state index in [1.165, 1.54) is 0 Å². The molecule has 0 saturated carbocycles. The van der Waals surface area contributed by atoms with E-state index in [-0.39, 0.29) is 0 Å². The highest BCUT2D eigenvalue weighted by molar-refractivity contribution is 6.72. The van der Waals surface area contributed by atoms with Crippen LogP contribution >= 0.6 is 0 Å². The normalized spacial score (nSPS) is 9.88. The summed E-state index contributed by atoms with van der Waals surface area (Å²) in [5.41, 5.74) is 8.79. The molecule has 0 aliphatic carbocycles. The zero-order chi connectivity index (χ0) is 12.8. The minimum atomic E-state index is -1.25. The van der Waals surface area contributed by atoms with Gasteiger partial charge in [0, 0.05) is 10.5 Å². The van der Waals surface area contributed by atoms with E-state index in [1.54, 1.807) is 12.1 Å². The molecule has 1 amide bonds. The van der Waals surface area contributed by atoms with Crippen molar-refractivity contribution in [2.24, 2.45) is 5.11 Å². The Kier molecular flexibility index (Phi) is 4.75. The van der Waals surface area contributed by atoms with Crippen molar-refractivity contribution in [2.45, 2.75) is 20.0 Å². The molecule has 0 atom stereocenters. The number of azide groups is 1. The Morgan fingerprint density at radius 3 is 2.76 bits per heavy atom. The van der Waals surface area contributed by atoms with Crippen molar-refractivity contribution in [3.05, 3.63) is 34.2 Å². The van der Waals surface area contributed by atoms with Crippen LogP contribution in [-0.2, 0) is 0 Å². The maximum atomic E-state index is 11.7. The number of ether oxygens (including phenoxy) is 1. The first-order chi connectivity index (χ1) is 8.11. The van der Waals surface area contributed by atoms with Crippen molar-refractivity contribution in [2.75, 3.05) is 6.61 Å². The number of carbonyl (C=O) groups excluding carboxylic acids is 1. The average Bonchev–Trinajstić information content (AvgIpc) is 2.29. The highest BCUT2D eigenvalue weighted by Gasteiger charge is 2.17. The largest absolute Gasteiger partial charge is 0.494 e. The lowest BCUT2D eigenvalue weighted by molar-refractivity contribution is 0.100. The standard InChI is InChI=1S/C11H15N3O2Si/c1-4-16-9-7-5-6-8(10(9)17(2)3)11(15)13-14-12/h5-7,17H,4H2,1-3H3. The van der Waals surface area contributed by atoms with Gasteiger partial charge in [0.25, 0.3) is 0 Å². The van der Waals surface area contributed by atoms with Gasteiger partial charge in [-0.3, -0.25) is 4.79 Å². The molecule has 0 N–H and O–H groups in total. The van der Waals surface area contributed by atoms with Crippen molar-refractivity contribution >= 4 is 19.9 Å². The van der Waals surface area contributed by atoms with Crippen LogP contribution in [-0.4, -0.2) is 21.3 Å². The predicted molar refractivity (Wildman–Crippen MR) is 69.6 cm³/mol. The quantitative estimate of drug-likeness (QED) is 0.355. The van der Waals surface area contributed by atoms with Crippen molar-refractivity contribution in [1.29, 1.82) is 0 Å². The van der Waals surface area contributed by atoms with Crippen LogP contribution in [0.1, 0.15) is 17.3 Å². The van der Waals surface area contributed by atoms with Gasteiger partial charge in [-0.1, -0.05) is 25.2 Å². The Hall–Kier alpha value is -1.78. The topological polar surface area (TPSA) is 75.1 Å². The molecule has 0 spiro atoms. The van der Waals surface area contributed by atoms with E-state index in [4.69, 9.17) is 10.3 Å². The zero-order valence-electron chi connectivity index (χ0n) is 10.2. The second-order valence-electron chi connectivity index (χ2n) is 3.80. The number of carbonyl (C=O) groups is 1. The third kappa shape index (κ3) is 3.09. The maximum absolute atomic E-state index is 11.7. The highest BCUT2D eigenvalue weighted by Crippen LogP contribution is 2.13. The lowest BCUT2D eigenvalue weighted by Crippen LogP contribution is -2.30. The summed E-state index contributed by atoms with van der Waals surface area (Å²) in [4.78, 5) is 14.2. The molecule has 1 aromatic carbocycles. The van der Waals surface area contributed by atoms with Gasteiger partial charge in [-0.15, -0.1) is 0 Å². The molecule has 0 unspecified atom stereocenters. The molecular weight excluding hydrogens is 234 g/mol. The Balaban J connectivity index is 3.33. The summed E-state index contributed by atoms with van der Waals surface area (Å²) in [6.45, 7) is 6.65. The molecule has 0 aliphatic rings. The summed E-state index contributed by atoms with van der Waals surface area (Å²) in [6.07, 6.45) is 0. The van der Waals surface area contributed by atoms with E-state index in [1.807, 2.05) is 13.0 Å². The zero-order valence-corrected chi connectivity index (χ0v) is 11.3. The van der Waals surface area contributed by atoms with Gasteiger partial charge in [0.05, 0.1) is 15.4 Å². The van der Waals surface area contributed by atoms with Gasteiger partial charge in [-0.05, 0) is 28.8 Å². The van der Waals surface area contributed by atoms with Crippen molar-refractivity contribution < 1.29 is 9.53 Å². The summed E-state index contributed by atoms with van der Waals surface area (Å²) in [5.74, 6) is 0.193. The van der Waals surface area contributed by atoms with Crippen LogP contribution in [0.4, 0.5) is 0 Å². The summed E-state index contributed by atoms with van der Waals surface area (Å²) in [7, 11) is -1.25. The molecule has 0 aromatic heterocycles. The van der Waals surface area contributed by atoms with E-state index in [2.05, 4.69) is 23.1 Å². The van der Waals surface area contributed by atoms with Gasteiger partial charge in [-0.25, -0.2) is 0 Å². The molecule has 0 heterocycles. The molecule has 90 valence electrons. The number of amides is 1. The second-order valence-corrected chi connectivity index (χ2v) is 6.69. The number of rotatable bonds is 4. The van der Waals surface area contributed by atoms with E-state index >= 15 is 0 Å². The molecule has 6 heteroatoms. The Labute approximate surface area is 102 Å². The fourth-order valence-electron chi connectivity index (χ4n) is 1.70. The fraction of sp³-hybridized carbons (Fsp3) is 0.364. The minimum absolute atomic E-state index is 0.468. The molecule has 0 aliphatic heterocycles. The first-order valence-corrected chi connectivity index (χ1v) is 8.35. The molecule has 1 rings (SSSR count). The van der Waals surface area contributed by atoms with E-state index in [0.717, 1.165) is 10.9 Å². The first-order valence-electron chi connectivity index (χ1n) is 5.47. The average molecular weight is 249 g/mol. The lowest BCUT2D eigenvalue weighted by atomic mass is 10.2. The van der Waals surface area contributed by atoms with Crippen molar-refractivity contribution in [3.63, 3.8) is 0 Å². The van der Waals surface area contributed by atoms with Crippen LogP contribution in [0.25, 0.3) is 10.4 Å². The van der Waals surface area contributed by atoms with E-state index in [0.29, 0.717) is 12.2 Å². The molecule has 0 radical (unpaired) electrons. The van der Waals surface area contributed by atoms with Crippen LogP contribution in [0.15, 0.2) is 23.3 Å². The Bertz CT molecular complexity index is 468. The van der Waals surface area contributed by atoms with Gasteiger partial charge in [0.15, 0.2) is 0 Å². The molecule has 17 heavy (non-hydrogen) atoms. The van der Waals surface area contributed by atoms with Crippen LogP contribution in [0, 0.1) is 0 Å². The minimum Gasteiger partial charge on any atom is -0.494 e. The van der Waals surface area contributed by atoms with Crippen LogP contribution in [0.3, 0.4) is 0 Å². The van der Waals surface area contributed by atoms with Crippen molar-refractivity contribution in [3.8, 4) is 5.75 Å². The van der Waals surface area contributed by atoms with E-state index in [9.17, 15) is 4.79 Å². The fourth-order valence-corrected chi connectivity index (χ4v) is 3.29. The third-order valence-electron chi connectivity index (χ3n) is 2.31. The summed E-state index contributed by atoms with van der Waals surface area (Å²) < 4.78 is 5.51. The third-order valence-corrected chi connectivity index (χ3v) is 4.06. The van der Waals surface area contributed by atoms with Gasteiger partial charge >= 0.3 is 0 Å². The number of nitrogens with zero attached hydrogens (tertiary/aromatic N) is 3. The number of hydrogen-bond donors (Lipinski definition) is 0. The number of hydrogen-bond acceptors (Lipinski definition) is 2. The first kappa shape index (κ1) is 13.3. The summed E-state index contributed by atoms with van der Waals surface area (Å²) >= 11 is 0. The lowest BCUT2D eigenvalue weighted by Gasteiger charge is -2.15. The number of benzene rings is 1. The van der Waals surface area contributed by atoms with Crippen molar-refractivity contribution in [1.82, 2.24) is 0 Å². The molecular formula is C11H15N3O2Si. The second kappa shape index (κ2) is 6.08. The van der Waals surface area contributed by atoms with Crippen LogP contribution < -0.4 is 9.92 Å². The van der Waals surface area contributed by atoms with E-state index < -0.39 is 14.7 Å². The molecule has 5 nitrogen and oxygen atoms in total. The van der Waals surface area contributed by atoms with Gasteiger partial charge in [-0.2, -0.15) is 0 Å². The van der Waals surface area contributed by atoms with Gasteiger partial charge < -0.3 is 4.74 Å². The summed E-state index contributed by atoms with van der Waals surface area (Å²) in [6, 6.07) is 5.27. The van der Waals surface area contributed by atoms with Crippen LogP contribution in [0.2, 0.25) is 13.1 Å². The van der Waals surface area contributed by atoms with Crippen LogP contribution in [0.5, 0.6) is 5.75 Å². The predicted octanol–water partition coefficient (Wildman–Crippen LogP) is 2.23. The Morgan fingerprint density at radius 1 is 1.53 bits per heavy atom. The SMILES string of the molecule is CCOc1cccc(C(=O)N=[N+]=[N-])c1[SiH](C)C.